The molecule has 1 spiro atoms. The van der Waals surface area contributed by atoms with E-state index in [2.05, 4.69) is 31.9 Å². The van der Waals surface area contributed by atoms with Crippen LogP contribution in [0.1, 0.15) is 53.9 Å². The fourth-order valence-electron chi connectivity index (χ4n) is 7.43. The number of esters is 1. The molecule has 3 heterocycles. The second-order valence-electron chi connectivity index (χ2n) is 12.0. The molecular weight excluding hydrogens is 534 g/mol. The Kier molecular flexibility index (Phi) is 9.52. The molecule has 1 N–H and O–H groups in total. The third-order valence-corrected chi connectivity index (χ3v) is 9.76. The van der Waals surface area contributed by atoms with Crippen molar-refractivity contribution < 1.29 is 29.0 Å². The van der Waals surface area contributed by atoms with Crippen LogP contribution in [0, 0.1) is 17.8 Å². The van der Waals surface area contributed by atoms with E-state index < -0.39 is 41.1 Å². The first-order valence-corrected chi connectivity index (χ1v) is 15.3. The van der Waals surface area contributed by atoms with Gasteiger partial charge in [-0.3, -0.25) is 14.4 Å². The average Bonchev–Trinajstić information content (AvgIpc) is 3.56. The molecule has 9 heteroatoms. The number of carbonyl (C=O) groups is 3. The first-order valence-electron chi connectivity index (χ1n) is 15.3. The highest BCUT2D eigenvalue weighted by molar-refractivity contribution is 6.05. The van der Waals surface area contributed by atoms with Crippen molar-refractivity contribution in [3.05, 3.63) is 49.6 Å². The van der Waals surface area contributed by atoms with Crippen molar-refractivity contribution in [3.63, 3.8) is 0 Å². The van der Waals surface area contributed by atoms with Gasteiger partial charge in [-0.2, -0.15) is 0 Å². The topological polar surface area (TPSA) is 99.6 Å². The van der Waals surface area contributed by atoms with E-state index in [1.54, 1.807) is 15.9 Å². The van der Waals surface area contributed by atoms with E-state index in [1.165, 1.54) is 6.08 Å². The molecule has 2 bridgehead atoms. The maximum atomic E-state index is 14.8. The zero-order chi connectivity index (χ0) is 30.8. The Bertz CT molecular complexity index is 1180. The number of carbonyl (C=O) groups excluding carboxylic acids is 3. The molecular formula is C33H47N3O6. The number of aliphatic hydroxyl groups is 1. The minimum absolute atomic E-state index is 0.0220. The van der Waals surface area contributed by atoms with Crippen molar-refractivity contribution >= 4 is 29.2 Å². The minimum atomic E-state index is -1.22. The third kappa shape index (κ3) is 5.04. The molecule has 1 aromatic carbocycles. The molecule has 0 saturated carbocycles. The lowest BCUT2D eigenvalue weighted by Gasteiger charge is -2.41. The van der Waals surface area contributed by atoms with Gasteiger partial charge < -0.3 is 29.3 Å². The average molecular weight is 582 g/mol. The number of fused-ring (bicyclic) bond motifs is 1. The zero-order valence-corrected chi connectivity index (χ0v) is 25.8. The van der Waals surface area contributed by atoms with Crippen LogP contribution in [0.5, 0.6) is 0 Å². The Morgan fingerprint density at radius 1 is 1.14 bits per heavy atom. The second-order valence-corrected chi connectivity index (χ2v) is 12.0. The molecule has 3 saturated heterocycles. The van der Waals surface area contributed by atoms with Gasteiger partial charge in [0, 0.05) is 31.0 Å². The molecule has 4 rings (SSSR count). The molecule has 2 unspecified atom stereocenters. The quantitative estimate of drug-likeness (QED) is 0.262. The molecule has 1 aromatic rings. The summed E-state index contributed by atoms with van der Waals surface area (Å²) < 4.78 is 12.2. The number of anilines is 2. The summed E-state index contributed by atoms with van der Waals surface area (Å²) in [5.41, 5.74) is -0.437. The fraction of sp³-hybridized carbons (Fsp3) is 0.606. The summed E-state index contributed by atoms with van der Waals surface area (Å²) >= 11 is 0. The first kappa shape index (κ1) is 31.8. The van der Waals surface area contributed by atoms with Crippen LogP contribution in [-0.2, 0) is 23.9 Å². The maximum absolute atomic E-state index is 14.8. The van der Waals surface area contributed by atoms with Crippen LogP contribution in [0.2, 0.25) is 0 Å². The Morgan fingerprint density at radius 3 is 2.33 bits per heavy atom. The lowest BCUT2D eigenvalue weighted by atomic mass is 9.66. The zero-order valence-electron chi connectivity index (χ0n) is 25.8. The lowest BCUT2D eigenvalue weighted by Crippen LogP contribution is -2.60. The second kappa shape index (κ2) is 12.6. The predicted octanol–water partition coefficient (Wildman–Crippen LogP) is 3.95. The van der Waals surface area contributed by atoms with Crippen LogP contribution < -0.4 is 9.80 Å². The molecule has 0 radical (unpaired) electrons. The number of rotatable bonds is 14. The Balaban J connectivity index is 1.82. The van der Waals surface area contributed by atoms with Crippen molar-refractivity contribution in [2.45, 2.75) is 77.2 Å². The van der Waals surface area contributed by atoms with E-state index in [4.69, 9.17) is 9.47 Å². The summed E-state index contributed by atoms with van der Waals surface area (Å²) in [6.45, 7) is 19.2. The van der Waals surface area contributed by atoms with Gasteiger partial charge in [0.1, 0.15) is 24.2 Å². The molecule has 2 amide bonds. The van der Waals surface area contributed by atoms with Crippen LogP contribution in [0.3, 0.4) is 0 Å². The highest BCUT2D eigenvalue weighted by atomic mass is 16.6. The number of nitrogens with zero attached hydrogens (tertiary/aromatic N) is 3. The highest BCUT2D eigenvalue weighted by Crippen LogP contribution is 2.64. The Labute approximate surface area is 250 Å². The van der Waals surface area contributed by atoms with E-state index in [9.17, 15) is 19.5 Å². The van der Waals surface area contributed by atoms with E-state index in [-0.39, 0.29) is 37.5 Å². The van der Waals surface area contributed by atoms with E-state index >= 15 is 0 Å². The standard InChI is InChI=1S/C33H47N3O6/c1-8-19-35(24-15-13-23(14-16-24)34(11-4)12-5)30(39)28-33-18-17-32(7,42-33)27(31(40)41-20-9-2)26(33)29(38)36(28)25(21-37)22(6)10-3/h8-9,13-16,22,25-28,37H,1-2,10-12,17-21H2,3-7H3/t22-,25-,26-,27-,28?,32+,33?/m0/s1. The summed E-state index contributed by atoms with van der Waals surface area (Å²) in [5, 5.41) is 10.6. The van der Waals surface area contributed by atoms with Gasteiger partial charge in [-0.05, 0) is 63.8 Å². The van der Waals surface area contributed by atoms with Crippen LogP contribution in [-0.4, -0.2) is 83.9 Å². The van der Waals surface area contributed by atoms with Crippen molar-refractivity contribution in [3.8, 4) is 0 Å². The molecule has 3 aliphatic rings. The number of aliphatic hydroxyl groups excluding tert-OH is 1. The smallest absolute Gasteiger partial charge is 0.313 e. The van der Waals surface area contributed by atoms with Gasteiger partial charge in [0.15, 0.2) is 0 Å². The largest absolute Gasteiger partial charge is 0.461 e. The van der Waals surface area contributed by atoms with Crippen molar-refractivity contribution in [2.24, 2.45) is 17.8 Å². The summed E-state index contributed by atoms with van der Waals surface area (Å²) in [6.07, 6.45) is 4.80. The molecule has 3 aliphatic heterocycles. The fourth-order valence-corrected chi connectivity index (χ4v) is 7.43. The SMILES string of the molecule is C=CCOC(=O)[C@@H]1[C@H]2C(=O)N([C@@H](CO)[C@@H](C)CC)C(C(=O)N(CC=C)c3ccc(N(CC)CC)cc3)C23CC[C@@]1(C)O3. The number of benzene rings is 1. The summed E-state index contributed by atoms with van der Waals surface area (Å²) in [7, 11) is 0. The number of hydrogen-bond acceptors (Lipinski definition) is 7. The predicted molar refractivity (Wildman–Crippen MR) is 163 cm³/mol. The van der Waals surface area contributed by atoms with E-state index in [0.717, 1.165) is 18.8 Å². The molecule has 7 atom stereocenters. The van der Waals surface area contributed by atoms with Crippen LogP contribution in [0.25, 0.3) is 0 Å². The summed E-state index contributed by atoms with van der Waals surface area (Å²) in [4.78, 5) is 48.1. The number of likely N-dealkylation sites (tertiary alicyclic amines) is 1. The van der Waals surface area contributed by atoms with Gasteiger partial charge in [-0.1, -0.05) is 39.0 Å². The normalized spacial score (nSPS) is 29.1. The number of amides is 2. The molecule has 230 valence electrons. The number of hydrogen-bond donors (Lipinski definition) is 1. The maximum Gasteiger partial charge on any atom is 0.313 e. The van der Waals surface area contributed by atoms with Gasteiger partial charge >= 0.3 is 5.97 Å². The Hall–Kier alpha value is -3.17. The molecule has 42 heavy (non-hydrogen) atoms. The van der Waals surface area contributed by atoms with Gasteiger partial charge in [-0.15, -0.1) is 6.58 Å². The van der Waals surface area contributed by atoms with Crippen molar-refractivity contribution in [1.29, 1.82) is 0 Å². The summed E-state index contributed by atoms with van der Waals surface area (Å²) in [6, 6.07) is 6.16. The van der Waals surface area contributed by atoms with E-state index in [0.29, 0.717) is 24.9 Å². The number of ether oxygens (including phenoxy) is 2. The highest BCUT2D eigenvalue weighted by Gasteiger charge is 2.79. The molecule has 0 aliphatic carbocycles. The molecule has 0 aromatic heterocycles. The molecule has 3 fully saturated rings. The minimum Gasteiger partial charge on any atom is -0.461 e. The first-order chi connectivity index (χ1) is 20.1. The van der Waals surface area contributed by atoms with Crippen LogP contribution >= 0.6 is 0 Å². The van der Waals surface area contributed by atoms with Crippen LogP contribution in [0.4, 0.5) is 11.4 Å². The van der Waals surface area contributed by atoms with Gasteiger partial charge in [0.25, 0.3) is 5.91 Å². The third-order valence-electron chi connectivity index (χ3n) is 9.76. The lowest BCUT2D eigenvalue weighted by molar-refractivity contribution is -0.160. The van der Waals surface area contributed by atoms with Gasteiger partial charge in [0.05, 0.1) is 24.2 Å². The Morgan fingerprint density at radius 2 is 1.79 bits per heavy atom. The van der Waals surface area contributed by atoms with E-state index in [1.807, 2.05) is 45.0 Å². The monoisotopic (exact) mass is 581 g/mol. The van der Waals surface area contributed by atoms with Crippen molar-refractivity contribution in [1.82, 2.24) is 4.90 Å². The van der Waals surface area contributed by atoms with Gasteiger partial charge in [-0.25, -0.2) is 0 Å². The van der Waals surface area contributed by atoms with Crippen molar-refractivity contribution in [2.75, 3.05) is 42.6 Å². The molecule has 9 nitrogen and oxygen atoms in total. The summed E-state index contributed by atoms with van der Waals surface area (Å²) in [5.74, 6) is -3.03. The van der Waals surface area contributed by atoms with Gasteiger partial charge in [0.2, 0.25) is 5.91 Å². The van der Waals surface area contributed by atoms with Crippen LogP contribution in [0.15, 0.2) is 49.6 Å².